The van der Waals surface area contributed by atoms with Crippen LogP contribution in [0.25, 0.3) is 0 Å². The first-order valence-corrected chi connectivity index (χ1v) is 5.87. The maximum absolute atomic E-state index is 11.4. The van der Waals surface area contributed by atoms with E-state index in [9.17, 15) is 4.79 Å². The largest absolute Gasteiger partial charge is 0.464 e. The van der Waals surface area contributed by atoms with Gasteiger partial charge in [0.2, 0.25) is 0 Å². The number of hydrogen-bond donors (Lipinski definition) is 1. The van der Waals surface area contributed by atoms with Crippen LogP contribution >= 0.6 is 11.3 Å². The van der Waals surface area contributed by atoms with E-state index in [2.05, 4.69) is 9.72 Å². The Labute approximate surface area is 97.6 Å². The van der Waals surface area contributed by atoms with Gasteiger partial charge in [-0.25, -0.2) is 9.78 Å². The van der Waals surface area contributed by atoms with Crippen LogP contribution < -0.4 is 5.73 Å². The summed E-state index contributed by atoms with van der Waals surface area (Å²) in [5, 5.41) is 1.14. The number of methoxy groups -OCH3 is 1. The highest BCUT2D eigenvalue weighted by molar-refractivity contribution is 7.16. The minimum atomic E-state index is -0.499. The van der Waals surface area contributed by atoms with Crippen molar-refractivity contribution in [3.8, 4) is 0 Å². The highest BCUT2D eigenvalue weighted by Gasteiger charge is 2.36. The van der Waals surface area contributed by atoms with Gasteiger partial charge in [0.1, 0.15) is 15.6 Å². The van der Waals surface area contributed by atoms with Crippen LogP contribution in [0.2, 0.25) is 0 Å². The third kappa shape index (κ3) is 1.78. The third-order valence-corrected chi connectivity index (χ3v) is 3.83. The van der Waals surface area contributed by atoms with Gasteiger partial charge in [-0.05, 0) is 19.8 Å². The average molecular weight is 242 g/mol. The molecule has 1 saturated heterocycles. The molecular weight excluding hydrogens is 228 g/mol. The number of aromatic nitrogens is 1. The molecule has 1 aromatic heterocycles. The molecule has 1 fully saturated rings. The Hall–Kier alpha value is -1.14. The fraction of sp³-hybridized carbons (Fsp3) is 0.600. The van der Waals surface area contributed by atoms with Gasteiger partial charge < -0.3 is 15.2 Å². The number of rotatable bonds is 2. The number of nitrogens with zero attached hydrogens (tertiary/aromatic N) is 1. The Morgan fingerprint density at radius 2 is 2.44 bits per heavy atom. The lowest BCUT2D eigenvalue weighted by Crippen LogP contribution is -2.19. The van der Waals surface area contributed by atoms with Gasteiger partial charge in [0.25, 0.3) is 0 Å². The number of carbonyl (C=O) groups is 1. The summed E-state index contributed by atoms with van der Waals surface area (Å²) in [6.07, 6.45) is 1.91. The first-order valence-electron chi connectivity index (χ1n) is 5.06. The summed E-state index contributed by atoms with van der Waals surface area (Å²) >= 11 is 1.29. The van der Waals surface area contributed by atoms with Crippen molar-refractivity contribution in [2.45, 2.75) is 25.4 Å². The second-order valence-corrected chi connectivity index (χ2v) is 4.94. The van der Waals surface area contributed by atoms with Gasteiger partial charge in [-0.1, -0.05) is 11.3 Å². The zero-order valence-electron chi connectivity index (χ0n) is 9.28. The number of carbonyl (C=O) groups excluding carboxylic acids is 1. The summed E-state index contributed by atoms with van der Waals surface area (Å²) in [4.78, 5) is 15.6. The van der Waals surface area contributed by atoms with Gasteiger partial charge in [-0.2, -0.15) is 0 Å². The van der Waals surface area contributed by atoms with E-state index in [1.165, 1.54) is 18.4 Å². The Morgan fingerprint density at radius 3 is 3.00 bits per heavy atom. The normalized spacial score (nSPS) is 24.6. The van der Waals surface area contributed by atoms with Crippen LogP contribution in [-0.2, 0) is 15.1 Å². The van der Waals surface area contributed by atoms with Crippen molar-refractivity contribution in [2.75, 3.05) is 19.5 Å². The molecule has 0 bridgehead atoms. The molecule has 0 saturated carbocycles. The van der Waals surface area contributed by atoms with Gasteiger partial charge in [0.15, 0.2) is 5.69 Å². The Kier molecular flexibility index (Phi) is 2.86. The Balaban J connectivity index is 2.33. The molecule has 1 aliphatic heterocycles. The lowest BCUT2D eigenvalue weighted by Gasteiger charge is -2.19. The van der Waals surface area contributed by atoms with E-state index in [0.717, 1.165) is 24.5 Å². The molecule has 5 nitrogen and oxygen atoms in total. The molecule has 0 radical (unpaired) electrons. The van der Waals surface area contributed by atoms with Crippen molar-refractivity contribution >= 4 is 22.3 Å². The molecular formula is C10H14N2O3S. The number of anilines is 1. The van der Waals surface area contributed by atoms with Crippen LogP contribution in [0.3, 0.4) is 0 Å². The molecule has 1 unspecified atom stereocenters. The summed E-state index contributed by atoms with van der Waals surface area (Å²) in [6.45, 7) is 2.70. The van der Waals surface area contributed by atoms with E-state index < -0.39 is 11.6 Å². The topological polar surface area (TPSA) is 74.4 Å². The summed E-state index contributed by atoms with van der Waals surface area (Å²) in [7, 11) is 1.31. The molecule has 1 aromatic rings. The minimum Gasteiger partial charge on any atom is -0.464 e. The number of ether oxygens (including phenoxy) is 2. The van der Waals surface area contributed by atoms with Crippen LogP contribution in [0, 0.1) is 0 Å². The number of nitrogen functional groups attached to an aromatic ring is 1. The highest BCUT2D eigenvalue weighted by atomic mass is 32.1. The van der Waals surface area contributed by atoms with Crippen LogP contribution in [0.5, 0.6) is 0 Å². The van der Waals surface area contributed by atoms with Crippen molar-refractivity contribution < 1.29 is 14.3 Å². The van der Waals surface area contributed by atoms with Crippen LogP contribution in [0.15, 0.2) is 0 Å². The van der Waals surface area contributed by atoms with Crippen molar-refractivity contribution in [2.24, 2.45) is 0 Å². The second-order valence-electron chi connectivity index (χ2n) is 3.91. The van der Waals surface area contributed by atoms with Crippen LogP contribution in [-0.4, -0.2) is 24.7 Å². The number of hydrogen-bond acceptors (Lipinski definition) is 6. The summed E-state index contributed by atoms with van der Waals surface area (Å²) in [6, 6.07) is 0. The van der Waals surface area contributed by atoms with Crippen LogP contribution in [0.1, 0.15) is 35.3 Å². The number of nitrogens with two attached hydrogens (primary N) is 1. The minimum absolute atomic E-state index is 0.194. The first kappa shape index (κ1) is 11.3. The van der Waals surface area contributed by atoms with E-state index in [1.54, 1.807) is 0 Å². The van der Waals surface area contributed by atoms with Gasteiger partial charge >= 0.3 is 5.97 Å². The molecule has 16 heavy (non-hydrogen) atoms. The zero-order valence-corrected chi connectivity index (χ0v) is 10.1. The summed E-state index contributed by atoms with van der Waals surface area (Å²) in [5.41, 5.74) is 5.54. The van der Waals surface area contributed by atoms with Crippen molar-refractivity contribution in [3.05, 3.63) is 10.7 Å². The lowest BCUT2D eigenvalue weighted by atomic mass is 10.0. The maximum Gasteiger partial charge on any atom is 0.359 e. The predicted molar refractivity (Wildman–Crippen MR) is 60.4 cm³/mol. The highest BCUT2D eigenvalue weighted by Crippen LogP contribution is 2.39. The van der Waals surface area contributed by atoms with Crippen LogP contribution in [0.4, 0.5) is 5.00 Å². The van der Waals surface area contributed by atoms with E-state index >= 15 is 0 Å². The lowest BCUT2D eigenvalue weighted by molar-refractivity contribution is 0.0164. The second kappa shape index (κ2) is 4.03. The van der Waals surface area contributed by atoms with Gasteiger partial charge in [-0.15, -0.1) is 0 Å². The molecule has 1 aliphatic rings. The zero-order chi connectivity index (χ0) is 11.8. The van der Waals surface area contributed by atoms with Gasteiger partial charge in [-0.3, -0.25) is 0 Å². The summed E-state index contributed by atoms with van der Waals surface area (Å²) in [5.74, 6) is -0.499. The molecule has 1 atom stereocenters. The van der Waals surface area contributed by atoms with E-state index in [1.807, 2.05) is 6.92 Å². The molecule has 2 heterocycles. The fourth-order valence-corrected chi connectivity index (χ4v) is 2.70. The molecule has 0 amide bonds. The summed E-state index contributed by atoms with van der Waals surface area (Å²) < 4.78 is 10.3. The number of esters is 1. The van der Waals surface area contributed by atoms with Crippen molar-refractivity contribution in [3.63, 3.8) is 0 Å². The first-order chi connectivity index (χ1) is 7.57. The standard InChI is InChI=1S/C10H14N2O3S/c1-10(4-3-5-15-10)9-12-6(7(11)16-9)8(13)14-2/h3-5,11H2,1-2H3. The Morgan fingerprint density at radius 1 is 1.69 bits per heavy atom. The number of thiazole rings is 1. The SMILES string of the molecule is COC(=O)c1nc(C2(C)CCCO2)sc1N. The third-order valence-electron chi connectivity index (χ3n) is 2.70. The van der Waals surface area contributed by atoms with E-state index in [0.29, 0.717) is 5.00 Å². The molecule has 0 spiro atoms. The molecule has 2 N–H and O–H groups in total. The molecule has 0 aliphatic carbocycles. The van der Waals surface area contributed by atoms with Gasteiger partial charge in [0.05, 0.1) is 7.11 Å². The predicted octanol–water partition coefficient (Wildman–Crippen LogP) is 1.54. The van der Waals surface area contributed by atoms with Crippen molar-refractivity contribution in [1.29, 1.82) is 0 Å². The van der Waals surface area contributed by atoms with Crippen molar-refractivity contribution in [1.82, 2.24) is 4.98 Å². The quantitative estimate of drug-likeness (QED) is 0.796. The Bertz CT molecular complexity index is 410. The van der Waals surface area contributed by atoms with E-state index in [-0.39, 0.29) is 5.69 Å². The van der Waals surface area contributed by atoms with Gasteiger partial charge in [0, 0.05) is 6.61 Å². The molecule has 2 rings (SSSR count). The average Bonchev–Trinajstić information content (AvgIpc) is 2.85. The maximum atomic E-state index is 11.4. The smallest absolute Gasteiger partial charge is 0.359 e. The fourth-order valence-electron chi connectivity index (χ4n) is 1.75. The molecule has 6 heteroatoms. The monoisotopic (exact) mass is 242 g/mol. The van der Waals surface area contributed by atoms with E-state index in [4.69, 9.17) is 10.5 Å². The molecule has 0 aromatic carbocycles. The molecule has 88 valence electrons.